The van der Waals surface area contributed by atoms with Crippen LogP contribution in [0.15, 0.2) is 205 Å². The van der Waals surface area contributed by atoms with E-state index in [4.69, 9.17) is 14.4 Å². The van der Waals surface area contributed by atoms with Gasteiger partial charge in [0.1, 0.15) is 11.2 Å². The molecule has 12 rings (SSSR count). The Kier molecular flexibility index (Phi) is 8.00. The van der Waals surface area contributed by atoms with Crippen molar-refractivity contribution in [3.8, 4) is 67.3 Å². The second-order valence-corrected chi connectivity index (χ2v) is 16.2. The molecule has 0 bridgehead atoms. The van der Waals surface area contributed by atoms with E-state index >= 15 is 0 Å². The van der Waals surface area contributed by atoms with Crippen LogP contribution in [-0.2, 0) is 0 Å². The molecule has 0 N–H and O–H groups in total. The van der Waals surface area contributed by atoms with E-state index in [9.17, 15) is 0 Å². The molecule has 0 aliphatic carbocycles. The van der Waals surface area contributed by atoms with Gasteiger partial charge in [-0.15, -0.1) is 11.3 Å². The molecule has 5 heteroatoms. The monoisotopic (exact) mass is 783 g/mol. The molecule has 280 valence electrons. The molecule has 4 aromatic heterocycles. The number of pyridine rings is 1. The third-order valence-corrected chi connectivity index (χ3v) is 12.7. The average molecular weight is 784 g/mol. The fraction of sp³-hybridized carbons (Fsp3) is 0. The molecular formula is C55H33N3OS. The number of furan rings is 1. The van der Waals surface area contributed by atoms with Crippen molar-refractivity contribution in [3.63, 3.8) is 0 Å². The van der Waals surface area contributed by atoms with Crippen molar-refractivity contribution in [2.24, 2.45) is 0 Å². The van der Waals surface area contributed by atoms with Crippen LogP contribution in [-0.4, -0.2) is 15.0 Å². The average Bonchev–Trinajstić information content (AvgIpc) is 3.90. The van der Waals surface area contributed by atoms with E-state index in [0.29, 0.717) is 5.82 Å². The molecule has 0 saturated heterocycles. The van der Waals surface area contributed by atoms with Crippen molar-refractivity contribution in [1.82, 2.24) is 15.0 Å². The first-order valence-electron chi connectivity index (χ1n) is 20.1. The van der Waals surface area contributed by atoms with Crippen LogP contribution in [0.3, 0.4) is 0 Å². The van der Waals surface area contributed by atoms with Crippen molar-refractivity contribution < 1.29 is 4.42 Å². The molecule has 4 nitrogen and oxygen atoms in total. The van der Waals surface area contributed by atoms with Gasteiger partial charge >= 0.3 is 0 Å². The molecule has 0 atom stereocenters. The molecule has 12 aromatic rings. The fourth-order valence-electron chi connectivity index (χ4n) is 8.63. The van der Waals surface area contributed by atoms with Gasteiger partial charge in [0.2, 0.25) is 0 Å². The lowest BCUT2D eigenvalue weighted by Crippen LogP contribution is -1.96. The number of rotatable bonds is 6. The lowest BCUT2D eigenvalue weighted by molar-refractivity contribution is 0.670. The Balaban J connectivity index is 0.941. The van der Waals surface area contributed by atoms with Gasteiger partial charge in [0.05, 0.1) is 16.9 Å². The predicted molar refractivity (Wildman–Crippen MR) is 250 cm³/mol. The van der Waals surface area contributed by atoms with Gasteiger partial charge < -0.3 is 4.42 Å². The van der Waals surface area contributed by atoms with Crippen LogP contribution < -0.4 is 0 Å². The van der Waals surface area contributed by atoms with Gasteiger partial charge in [-0.05, 0) is 64.7 Å². The number of hydrogen-bond donors (Lipinski definition) is 0. The number of nitrogens with zero attached hydrogens (tertiary/aromatic N) is 3. The fourth-order valence-corrected chi connectivity index (χ4v) is 9.71. The largest absolute Gasteiger partial charge is 0.455 e. The van der Waals surface area contributed by atoms with Gasteiger partial charge in [-0.2, -0.15) is 0 Å². The number of fused-ring (bicyclic) bond motifs is 7. The molecule has 8 aromatic carbocycles. The summed E-state index contributed by atoms with van der Waals surface area (Å²) < 4.78 is 9.33. The zero-order valence-corrected chi connectivity index (χ0v) is 33.0. The number of benzene rings is 8. The lowest BCUT2D eigenvalue weighted by atomic mass is 9.93. The smallest absolute Gasteiger partial charge is 0.160 e. The Morgan fingerprint density at radius 1 is 0.400 bits per heavy atom. The highest BCUT2D eigenvalue weighted by atomic mass is 32.1. The van der Waals surface area contributed by atoms with E-state index in [-0.39, 0.29) is 0 Å². The molecule has 0 aliphatic rings. The molecule has 0 spiro atoms. The maximum atomic E-state index is 6.72. The summed E-state index contributed by atoms with van der Waals surface area (Å²) in [6.07, 6.45) is 1.85. The standard InChI is InChI=1S/C55H33N3OS/c1-2-10-36(11-3-1)47-33-48(58-55(57-47)39-25-21-34(22-26-39)42-16-8-12-38-13-9-31-56-53(38)42)37-23-19-35(20-24-37)43-29-28-41(52-45-15-4-6-17-49(45)59-54(43)52)40-27-30-51-46(32-40)44-14-5-7-18-50(44)60-51/h1-33H. The van der Waals surface area contributed by atoms with Crippen LogP contribution >= 0.6 is 11.3 Å². The van der Waals surface area contributed by atoms with Crippen LogP contribution in [0.25, 0.3) is 120 Å². The van der Waals surface area contributed by atoms with Gasteiger partial charge in [-0.3, -0.25) is 4.98 Å². The van der Waals surface area contributed by atoms with Crippen molar-refractivity contribution in [2.45, 2.75) is 0 Å². The molecule has 0 aliphatic heterocycles. The number of para-hydroxylation sites is 2. The summed E-state index contributed by atoms with van der Waals surface area (Å²) in [6.45, 7) is 0. The Morgan fingerprint density at radius 3 is 1.87 bits per heavy atom. The quantitative estimate of drug-likeness (QED) is 0.169. The highest BCUT2D eigenvalue weighted by Crippen LogP contribution is 2.44. The highest BCUT2D eigenvalue weighted by molar-refractivity contribution is 7.25. The first kappa shape index (κ1) is 34.3. The Hall–Kier alpha value is -7.73. The molecule has 60 heavy (non-hydrogen) atoms. The molecule has 0 radical (unpaired) electrons. The summed E-state index contributed by atoms with van der Waals surface area (Å²) in [6, 6.07) is 68.3. The lowest BCUT2D eigenvalue weighted by Gasteiger charge is -2.12. The second-order valence-electron chi connectivity index (χ2n) is 15.1. The molecule has 0 amide bonds. The molecule has 0 fully saturated rings. The number of hydrogen-bond acceptors (Lipinski definition) is 5. The summed E-state index contributed by atoms with van der Waals surface area (Å²) >= 11 is 1.84. The first-order chi connectivity index (χ1) is 29.7. The second kappa shape index (κ2) is 14.0. The van der Waals surface area contributed by atoms with E-state index in [1.165, 1.54) is 25.7 Å². The van der Waals surface area contributed by atoms with E-state index in [2.05, 4.69) is 169 Å². The van der Waals surface area contributed by atoms with E-state index in [0.717, 1.165) is 88.7 Å². The van der Waals surface area contributed by atoms with E-state index in [1.54, 1.807) is 0 Å². The summed E-state index contributed by atoms with van der Waals surface area (Å²) in [5.41, 5.74) is 14.1. The highest BCUT2D eigenvalue weighted by Gasteiger charge is 2.19. The number of thiophene rings is 1. The Labute approximate surface area is 349 Å². The van der Waals surface area contributed by atoms with Gasteiger partial charge in [0, 0.05) is 70.3 Å². The predicted octanol–water partition coefficient (Wildman–Crippen LogP) is 15.3. The number of aromatic nitrogens is 3. The van der Waals surface area contributed by atoms with Crippen molar-refractivity contribution >= 4 is 64.4 Å². The zero-order chi connectivity index (χ0) is 39.6. The van der Waals surface area contributed by atoms with E-state index < -0.39 is 0 Å². The summed E-state index contributed by atoms with van der Waals surface area (Å²) in [7, 11) is 0. The minimum Gasteiger partial charge on any atom is -0.455 e. The van der Waals surface area contributed by atoms with Gasteiger partial charge in [0.25, 0.3) is 0 Å². The first-order valence-corrected chi connectivity index (χ1v) is 20.9. The van der Waals surface area contributed by atoms with Crippen molar-refractivity contribution in [3.05, 3.63) is 200 Å². The zero-order valence-electron chi connectivity index (χ0n) is 32.2. The summed E-state index contributed by atoms with van der Waals surface area (Å²) in [5.74, 6) is 0.672. The summed E-state index contributed by atoms with van der Waals surface area (Å²) in [4.78, 5) is 15.0. The summed E-state index contributed by atoms with van der Waals surface area (Å²) in [5, 5.41) is 5.94. The van der Waals surface area contributed by atoms with Gasteiger partial charge in [-0.1, -0.05) is 152 Å². The van der Waals surface area contributed by atoms with Gasteiger partial charge in [-0.25, -0.2) is 9.97 Å². The van der Waals surface area contributed by atoms with Gasteiger partial charge in [0.15, 0.2) is 5.82 Å². The Bertz CT molecular complexity index is 3580. The molecular weight excluding hydrogens is 751 g/mol. The molecule has 4 heterocycles. The SMILES string of the molecule is c1ccc(-c2cc(-c3ccc(-c4ccc(-c5ccc6sc7ccccc7c6c5)c5c4oc4ccccc45)cc3)nc(-c3ccc(-c4cccc5cccnc45)cc3)n2)cc1. The minimum atomic E-state index is 0.672. The van der Waals surface area contributed by atoms with Crippen molar-refractivity contribution in [2.75, 3.05) is 0 Å². The van der Waals surface area contributed by atoms with E-state index in [1.807, 2.05) is 47.9 Å². The topological polar surface area (TPSA) is 51.8 Å². The van der Waals surface area contributed by atoms with Crippen LogP contribution in [0.5, 0.6) is 0 Å². The Morgan fingerprint density at radius 2 is 1.03 bits per heavy atom. The minimum absolute atomic E-state index is 0.672. The van der Waals surface area contributed by atoms with Crippen LogP contribution in [0, 0.1) is 0 Å². The third kappa shape index (κ3) is 5.78. The maximum absolute atomic E-state index is 6.72. The van der Waals surface area contributed by atoms with Crippen LogP contribution in [0.4, 0.5) is 0 Å². The normalized spacial score (nSPS) is 11.7. The molecule has 0 saturated carbocycles. The third-order valence-electron chi connectivity index (χ3n) is 11.6. The van der Waals surface area contributed by atoms with Crippen molar-refractivity contribution in [1.29, 1.82) is 0 Å². The maximum Gasteiger partial charge on any atom is 0.160 e. The van der Waals surface area contributed by atoms with Crippen LogP contribution in [0.2, 0.25) is 0 Å². The molecule has 0 unspecified atom stereocenters. The van der Waals surface area contributed by atoms with Crippen LogP contribution in [0.1, 0.15) is 0 Å².